The molecule has 138 valence electrons. The number of rotatable bonds is 7. The molecule has 2 aromatic rings. The molecule has 0 fully saturated rings. The Morgan fingerprint density at radius 1 is 1.08 bits per heavy atom. The van der Waals surface area contributed by atoms with Crippen LogP contribution in [0.4, 0.5) is 0 Å². The summed E-state index contributed by atoms with van der Waals surface area (Å²) < 4.78 is 0. The van der Waals surface area contributed by atoms with Crippen molar-refractivity contribution in [3.05, 3.63) is 52.3 Å². The number of amides is 2. The summed E-state index contributed by atoms with van der Waals surface area (Å²) in [5.74, 6) is -0.144. The molecule has 0 aliphatic rings. The summed E-state index contributed by atoms with van der Waals surface area (Å²) in [7, 11) is 1.60. The van der Waals surface area contributed by atoms with Crippen LogP contribution in [0.3, 0.4) is 0 Å². The largest absolute Gasteiger partial charge is 0.355 e. The van der Waals surface area contributed by atoms with Gasteiger partial charge in [-0.25, -0.2) is 9.97 Å². The van der Waals surface area contributed by atoms with E-state index in [0.29, 0.717) is 24.9 Å². The van der Waals surface area contributed by atoms with E-state index in [0.717, 1.165) is 27.7 Å². The van der Waals surface area contributed by atoms with E-state index < -0.39 is 0 Å². The fourth-order valence-corrected chi connectivity index (χ4v) is 3.06. The molecule has 0 aliphatic heterocycles. The number of nitrogens with one attached hydrogen (secondary N) is 2. The highest BCUT2D eigenvalue weighted by Crippen LogP contribution is 2.17. The first-order chi connectivity index (χ1) is 12.4. The maximum Gasteiger partial charge on any atom is 0.251 e. The van der Waals surface area contributed by atoms with Gasteiger partial charge in [-0.1, -0.05) is 23.9 Å². The van der Waals surface area contributed by atoms with Crippen LogP contribution in [0.25, 0.3) is 0 Å². The van der Waals surface area contributed by atoms with Gasteiger partial charge in [0.05, 0.1) is 0 Å². The molecule has 0 radical (unpaired) electrons. The molecule has 0 spiro atoms. The third kappa shape index (κ3) is 5.29. The van der Waals surface area contributed by atoms with Crippen molar-refractivity contribution in [1.82, 2.24) is 20.6 Å². The zero-order chi connectivity index (χ0) is 19.1. The third-order valence-corrected chi connectivity index (χ3v) is 4.67. The molecule has 0 aliphatic carbocycles. The fourth-order valence-electron chi connectivity index (χ4n) is 2.61. The quantitative estimate of drug-likeness (QED) is 0.576. The highest BCUT2D eigenvalue weighted by Gasteiger charge is 2.10. The lowest BCUT2D eigenvalue weighted by Gasteiger charge is -2.10. The number of aryl methyl sites for hydroxylation is 2. The minimum absolute atomic E-state index is 0.0203. The second-order valence-corrected chi connectivity index (χ2v) is 6.69. The predicted molar refractivity (Wildman–Crippen MR) is 103 cm³/mol. The van der Waals surface area contributed by atoms with E-state index in [1.54, 1.807) is 19.2 Å². The SMILES string of the molecule is CNC(=O)c1ccc(CNC(=O)CCc2c(C)nc(SC)nc2C)cc1. The van der Waals surface area contributed by atoms with Gasteiger partial charge in [0.25, 0.3) is 5.91 Å². The number of hydrogen-bond donors (Lipinski definition) is 2. The second-order valence-electron chi connectivity index (χ2n) is 5.91. The van der Waals surface area contributed by atoms with Crippen LogP contribution in [-0.4, -0.2) is 35.1 Å². The average Bonchev–Trinajstić information content (AvgIpc) is 2.65. The number of nitrogens with zero attached hydrogens (tertiary/aromatic N) is 2. The van der Waals surface area contributed by atoms with Gasteiger partial charge in [-0.05, 0) is 49.8 Å². The van der Waals surface area contributed by atoms with Gasteiger partial charge in [0, 0.05) is 37.0 Å². The van der Waals surface area contributed by atoms with E-state index in [1.807, 2.05) is 32.2 Å². The lowest BCUT2D eigenvalue weighted by Crippen LogP contribution is -2.23. The van der Waals surface area contributed by atoms with Gasteiger partial charge < -0.3 is 10.6 Å². The van der Waals surface area contributed by atoms with Gasteiger partial charge in [0.1, 0.15) is 0 Å². The Morgan fingerprint density at radius 3 is 2.23 bits per heavy atom. The monoisotopic (exact) mass is 372 g/mol. The van der Waals surface area contributed by atoms with Gasteiger partial charge in [0.15, 0.2) is 5.16 Å². The predicted octanol–water partition coefficient (Wildman–Crippen LogP) is 2.42. The molecule has 7 heteroatoms. The highest BCUT2D eigenvalue weighted by molar-refractivity contribution is 7.98. The second kappa shape index (κ2) is 9.33. The first-order valence-electron chi connectivity index (χ1n) is 8.40. The third-order valence-electron chi connectivity index (χ3n) is 4.12. The number of benzene rings is 1. The smallest absolute Gasteiger partial charge is 0.251 e. The van der Waals surface area contributed by atoms with E-state index in [9.17, 15) is 9.59 Å². The van der Waals surface area contributed by atoms with Crippen molar-refractivity contribution in [2.24, 2.45) is 0 Å². The zero-order valence-corrected chi connectivity index (χ0v) is 16.4. The van der Waals surface area contributed by atoms with Crippen molar-refractivity contribution in [2.45, 2.75) is 38.4 Å². The molecule has 2 amide bonds. The molecule has 26 heavy (non-hydrogen) atoms. The van der Waals surface area contributed by atoms with Crippen molar-refractivity contribution in [2.75, 3.05) is 13.3 Å². The van der Waals surface area contributed by atoms with Crippen LogP contribution in [0.2, 0.25) is 0 Å². The number of hydrogen-bond acceptors (Lipinski definition) is 5. The molecule has 0 unspecified atom stereocenters. The molecule has 0 atom stereocenters. The summed E-state index contributed by atoms with van der Waals surface area (Å²) in [5.41, 5.74) is 4.44. The summed E-state index contributed by atoms with van der Waals surface area (Å²) in [4.78, 5) is 32.5. The molecule has 0 saturated heterocycles. The van der Waals surface area contributed by atoms with Gasteiger partial charge in [-0.2, -0.15) is 0 Å². The number of carbonyl (C=O) groups is 2. The van der Waals surface area contributed by atoms with Crippen LogP contribution in [0.1, 0.15) is 39.3 Å². The zero-order valence-electron chi connectivity index (χ0n) is 15.5. The summed E-state index contributed by atoms with van der Waals surface area (Å²) in [6.07, 6.45) is 2.95. The van der Waals surface area contributed by atoms with Crippen LogP contribution in [-0.2, 0) is 17.8 Å². The Labute approximate surface area is 158 Å². The first-order valence-corrected chi connectivity index (χ1v) is 9.63. The topological polar surface area (TPSA) is 84.0 Å². The maximum absolute atomic E-state index is 12.1. The average molecular weight is 372 g/mol. The molecule has 1 aromatic heterocycles. The Kier molecular flexibility index (Phi) is 7.15. The summed E-state index contributed by atoms with van der Waals surface area (Å²) in [6.45, 7) is 4.35. The Bertz CT molecular complexity index is 768. The van der Waals surface area contributed by atoms with Crippen LogP contribution in [0.15, 0.2) is 29.4 Å². The Morgan fingerprint density at radius 2 is 1.69 bits per heavy atom. The van der Waals surface area contributed by atoms with Gasteiger partial charge in [-0.15, -0.1) is 0 Å². The van der Waals surface area contributed by atoms with E-state index in [2.05, 4.69) is 20.6 Å². The van der Waals surface area contributed by atoms with Crippen molar-refractivity contribution < 1.29 is 9.59 Å². The fraction of sp³-hybridized carbons (Fsp3) is 0.368. The minimum atomic E-state index is -0.124. The van der Waals surface area contributed by atoms with E-state index in [4.69, 9.17) is 0 Å². The molecular weight excluding hydrogens is 348 g/mol. The standard InChI is InChI=1S/C19H24N4O2S/c1-12-16(13(2)23-19(22-12)26-4)9-10-17(24)21-11-14-5-7-15(8-6-14)18(25)20-3/h5-8H,9-11H2,1-4H3,(H,20,25)(H,21,24). The summed E-state index contributed by atoms with van der Waals surface area (Å²) in [6, 6.07) is 7.18. The van der Waals surface area contributed by atoms with Crippen LogP contribution >= 0.6 is 11.8 Å². The van der Waals surface area contributed by atoms with Crippen LogP contribution in [0.5, 0.6) is 0 Å². The minimum Gasteiger partial charge on any atom is -0.355 e. The Balaban J connectivity index is 1.87. The number of carbonyl (C=O) groups excluding carboxylic acids is 2. The van der Waals surface area contributed by atoms with E-state index >= 15 is 0 Å². The van der Waals surface area contributed by atoms with E-state index in [1.165, 1.54) is 11.8 Å². The van der Waals surface area contributed by atoms with Crippen molar-refractivity contribution in [1.29, 1.82) is 0 Å². The highest BCUT2D eigenvalue weighted by atomic mass is 32.2. The molecule has 2 rings (SSSR count). The van der Waals surface area contributed by atoms with E-state index in [-0.39, 0.29) is 11.8 Å². The molecule has 1 heterocycles. The van der Waals surface area contributed by atoms with Crippen LogP contribution in [0, 0.1) is 13.8 Å². The van der Waals surface area contributed by atoms with Crippen molar-refractivity contribution in [3.8, 4) is 0 Å². The number of aromatic nitrogens is 2. The van der Waals surface area contributed by atoms with Gasteiger partial charge in [0.2, 0.25) is 5.91 Å². The normalized spacial score (nSPS) is 10.5. The molecule has 0 saturated carbocycles. The van der Waals surface area contributed by atoms with Crippen LogP contribution < -0.4 is 10.6 Å². The first kappa shape index (κ1) is 19.9. The molecule has 1 aromatic carbocycles. The van der Waals surface area contributed by atoms with Crippen molar-refractivity contribution in [3.63, 3.8) is 0 Å². The number of thioether (sulfide) groups is 1. The van der Waals surface area contributed by atoms with Crippen molar-refractivity contribution >= 4 is 23.6 Å². The molecule has 0 bridgehead atoms. The molecule has 6 nitrogen and oxygen atoms in total. The maximum atomic E-state index is 12.1. The van der Waals surface area contributed by atoms with Gasteiger partial charge >= 0.3 is 0 Å². The van der Waals surface area contributed by atoms with Gasteiger partial charge in [-0.3, -0.25) is 9.59 Å². The Hall–Kier alpha value is -2.41. The molecule has 2 N–H and O–H groups in total. The lowest BCUT2D eigenvalue weighted by molar-refractivity contribution is -0.121. The lowest BCUT2D eigenvalue weighted by atomic mass is 10.1. The summed E-state index contributed by atoms with van der Waals surface area (Å²) >= 11 is 1.51. The summed E-state index contributed by atoms with van der Waals surface area (Å²) in [5, 5.41) is 6.25. The molecular formula is C19H24N4O2S.